The molecule has 0 aromatic heterocycles. The van der Waals surface area contributed by atoms with Crippen LogP contribution in [0.5, 0.6) is 11.5 Å². The summed E-state index contributed by atoms with van der Waals surface area (Å²) in [5.41, 5.74) is 7.42. The van der Waals surface area contributed by atoms with E-state index in [0.717, 1.165) is 5.56 Å². The third-order valence-electron chi connectivity index (χ3n) is 3.99. The van der Waals surface area contributed by atoms with Crippen LogP contribution in [0.15, 0.2) is 42.5 Å². The lowest BCUT2D eigenvalue weighted by Gasteiger charge is -2.45. The summed E-state index contributed by atoms with van der Waals surface area (Å²) in [6, 6.07) is 10.2. The van der Waals surface area contributed by atoms with Gasteiger partial charge in [0.05, 0.1) is 20.3 Å². The van der Waals surface area contributed by atoms with Gasteiger partial charge in [-0.3, -0.25) is 4.79 Å². The first-order valence-corrected chi connectivity index (χ1v) is 7.13. The molecule has 0 unspecified atom stereocenters. The van der Waals surface area contributed by atoms with Crippen LogP contribution in [0.1, 0.15) is 11.6 Å². The average Bonchev–Trinajstić information content (AvgIpc) is 2.59. The number of β-lactam (4-membered cyclic amide) rings is 1. The van der Waals surface area contributed by atoms with Gasteiger partial charge in [-0.05, 0) is 42.0 Å². The number of rotatable bonds is 4. The molecule has 0 bridgehead atoms. The minimum Gasteiger partial charge on any atom is -0.493 e. The first-order valence-electron chi connectivity index (χ1n) is 7.13. The van der Waals surface area contributed by atoms with E-state index in [0.29, 0.717) is 17.2 Å². The minimum atomic E-state index is -0.641. The Balaban J connectivity index is 1.97. The Hall–Kier alpha value is -2.60. The van der Waals surface area contributed by atoms with Crippen LogP contribution in [0.4, 0.5) is 10.1 Å². The highest BCUT2D eigenvalue weighted by Crippen LogP contribution is 2.40. The highest BCUT2D eigenvalue weighted by Gasteiger charge is 2.46. The molecule has 1 heterocycles. The zero-order valence-electron chi connectivity index (χ0n) is 12.8. The number of nitrogens with zero attached hydrogens (tertiary/aromatic N) is 1. The molecule has 0 spiro atoms. The zero-order valence-corrected chi connectivity index (χ0v) is 12.8. The highest BCUT2D eigenvalue weighted by atomic mass is 19.1. The molecule has 0 radical (unpaired) electrons. The number of carbonyl (C=O) groups is 1. The summed E-state index contributed by atoms with van der Waals surface area (Å²) < 4.78 is 23.6. The Morgan fingerprint density at radius 1 is 1.04 bits per heavy atom. The third-order valence-corrected chi connectivity index (χ3v) is 3.99. The summed E-state index contributed by atoms with van der Waals surface area (Å²) in [5, 5.41) is 0. The minimum absolute atomic E-state index is 0.198. The fourth-order valence-corrected chi connectivity index (χ4v) is 2.79. The number of ether oxygens (including phenoxy) is 2. The molecule has 1 saturated heterocycles. The Morgan fingerprint density at radius 3 is 2.30 bits per heavy atom. The molecule has 1 aliphatic rings. The first kappa shape index (κ1) is 15.3. The maximum atomic E-state index is 13.1. The predicted octanol–water partition coefficient (Wildman–Crippen LogP) is 2.26. The molecule has 1 aliphatic heterocycles. The van der Waals surface area contributed by atoms with Crippen molar-refractivity contribution in [2.24, 2.45) is 5.73 Å². The largest absolute Gasteiger partial charge is 0.493 e. The van der Waals surface area contributed by atoms with Crippen molar-refractivity contribution in [2.75, 3.05) is 19.1 Å². The predicted molar refractivity (Wildman–Crippen MR) is 84.1 cm³/mol. The first-order chi connectivity index (χ1) is 11.1. The van der Waals surface area contributed by atoms with Crippen LogP contribution in [0.3, 0.4) is 0 Å². The fraction of sp³-hybridized carbons (Fsp3) is 0.235. The monoisotopic (exact) mass is 316 g/mol. The van der Waals surface area contributed by atoms with Crippen LogP contribution < -0.4 is 20.1 Å². The van der Waals surface area contributed by atoms with E-state index in [-0.39, 0.29) is 17.8 Å². The Morgan fingerprint density at radius 2 is 1.70 bits per heavy atom. The van der Waals surface area contributed by atoms with E-state index in [1.54, 1.807) is 43.4 Å². The molecule has 1 amide bonds. The molecule has 2 aromatic carbocycles. The van der Waals surface area contributed by atoms with Crippen molar-refractivity contribution in [3.05, 3.63) is 53.8 Å². The van der Waals surface area contributed by atoms with E-state index in [2.05, 4.69) is 0 Å². The highest BCUT2D eigenvalue weighted by molar-refractivity contribution is 6.05. The summed E-state index contributed by atoms with van der Waals surface area (Å²) in [6.07, 6.45) is 0. The normalized spacial score (nSPS) is 20.2. The van der Waals surface area contributed by atoms with Gasteiger partial charge in [0.15, 0.2) is 11.5 Å². The summed E-state index contributed by atoms with van der Waals surface area (Å²) in [6.45, 7) is 0. The second-order valence-corrected chi connectivity index (χ2v) is 5.27. The van der Waals surface area contributed by atoms with Crippen molar-refractivity contribution < 1.29 is 18.7 Å². The molecule has 5 nitrogen and oxygen atoms in total. The molecule has 2 N–H and O–H groups in total. The van der Waals surface area contributed by atoms with Crippen LogP contribution in [0.25, 0.3) is 0 Å². The van der Waals surface area contributed by atoms with Crippen molar-refractivity contribution in [1.29, 1.82) is 0 Å². The van der Waals surface area contributed by atoms with Crippen molar-refractivity contribution >= 4 is 11.6 Å². The molecule has 6 heteroatoms. The molecule has 120 valence electrons. The van der Waals surface area contributed by atoms with Gasteiger partial charge in [0.2, 0.25) is 5.91 Å². The number of methoxy groups -OCH3 is 2. The molecule has 0 aliphatic carbocycles. The number of anilines is 1. The number of benzene rings is 2. The van der Waals surface area contributed by atoms with E-state index in [4.69, 9.17) is 15.2 Å². The van der Waals surface area contributed by atoms with E-state index in [1.807, 2.05) is 6.07 Å². The number of halogens is 1. The molecule has 23 heavy (non-hydrogen) atoms. The SMILES string of the molecule is COc1ccc([C@H]2[C@H](N)C(=O)N2c2ccc(F)cc2)cc1OC. The summed E-state index contributed by atoms with van der Waals surface area (Å²) in [5.74, 6) is 0.615. The molecule has 2 aromatic rings. The van der Waals surface area contributed by atoms with Gasteiger partial charge in [0.25, 0.3) is 0 Å². The Bertz CT molecular complexity index is 733. The number of hydrogen-bond donors (Lipinski definition) is 1. The van der Waals surface area contributed by atoms with E-state index in [1.165, 1.54) is 12.1 Å². The van der Waals surface area contributed by atoms with Crippen LogP contribution in [-0.4, -0.2) is 26.2 Å². The van der Waals surface area contributed by atoms with E-state index in [9.17, 15) is 9.18 Å². The second kappa shape index (κ2) is 5.89. The summed E-state index contributed by atoms with van der Waals surface area (Å²) in [7, 11) is 3.10. The van der Waals surface area contributed by atoms with Gasteiger partial charge in [0, 0.05) is 5.69 Å². The van der Waals surface area contributed by atoms with Crippen molar-refractivity contribution in [3.8, 4) is 11.5 Å². The fourth-order valence-electron chi connectivity index (χ4n) is 2.79. The number of hydrogen-bond acceptors (Lipinski definition) is 4. The summed E-state index contributed by atoms with van der Waals surface area (Å²) in [4.78, 5) is 13.7. The van der Waals surface area contributed by atoms with E-state index < -0.39 is 6.04 Å². The zero-order chi connectivity index (χ0) is 16.6. The maximum Gasteiger partial charge on any atom is 0.247 e. The molecular formula is C17H17FN2O3. The lowest BCUT2D eigenvalue weighted by atomic mass is 9.88. The van der Waals surface area contributed by atoms with E-state index >= 15 is 0 Å². The lowest BCUT2D eigenvalue weighted by molar-refractivity contribution is -0.126. The molecule has 2 atom stereocenters. The topological polar surface area (TPSA) is 64.8 Å². The van der Waals surface area contributed by atoms with Gasteiger partial charge in [-0.1, -0.05) is 6.07 Å². The molecule has 3 rings (SSSR count). The second-order valence-electron chi connectivity index (χ2n) is 5.27. The van der Waals surface area contributed by atoms with Gasteiger partial charge in [-0.2, -0.15) is 0 Å². The summed E-state index contributed by atoms with van der Waals surface area (Å²) >= 11 is 0. The third kappa shape index (κ3) is 2.51. The molecular weight excluding hydrogens is 299 g/mol. The lowest BCUT2D eigenvalue weighted by Crippen LogP contribution is -2.63. The Kier molecular flexibility index (Phi) is 3.92. The van der Waals surface area contributed by atoms with Crippen molar-refractivity contribution in [3.63, 3.8) is 0 Å². The van der Waals surface area contributed by atoms with Crippen LogP contribution >= 0.6 is 0 Å². The average molecular weight is 316 g/mol. The smallest absolute Gasteiger partial charge is 0.247 e. The van der Waals surface area contributed by atoms with Gasteiger partial charge in [-0.25, -0.2) is 4.39 Å². The molecule has 1 fully saturated rings. The Labute approximate surface area is 133 Å². The quantitative estimate of drug-likeness (QED) is 0.879. The van der Waals surface area contributed by atoms with Gasteiger partial charge >= 0.3 is 0 Å². The number of nitrogens with two attached hydrogens (primary N) is 1. The van der Waals surface area contributed by atoms with Crippen molar-refractivity contribution in [2.45, 2.75) is 12.1 Å². The van der Waals surface area contributed by atoms with Gasteiger partial charge in [0.1, 0.15) is 11.9 Å². The van der Waals surface area contributed by atoms with Crippen LogP contribution in [0, 0.1) is 5.82 Å². The van der Waals surface area contributed by atoms with Crippen LogP contribution in [-0.2, 0) is 4.79 Å². The standard InChI is InChI=1S/C17H17FN2O3/c1-22-13-8-3-10(9-14(13)23-2)16-15(19)17(21)20(16)12-6-4-11(18)5-7-12/h3-9,15-16H,19H2,1-2H3/t15-,16-/m0/s1. The number of amides is 1. The van der Waals surface area contributed by atoms with Gasteiger partial charge < -0.3 is 20.1 Å². The van der Waals surface area contributed by atoms with Crippen LogP contribution in [0.2, 0.25) is 0 Å². The van der Waals surface area contributed by atoms with Gasteiger partial charge in [-0.15, -0.1) is 0 Å². The maximum absolute atomic E-state index is 13.1. The molecule has 0 saturated carbocycles. The van der Waals surface area contributed by atoms with Crippen molar-refractivity contribution in [1.82, 2.24) is 0 Å². The number of carbonyl (C=O) groups excluding carboxylic acids is 1.